The summed E-state index contributed by atoms with van der Waals surface area (Å²) in [4.78, 5) is 14.8. The molecule has 2 aromatic heterocycles. The lowest BCUT2D eigenvalue weighted by Gasteiger charge is -2.06. The summed E-state index contributed by atoms with van der Waals surface area (Å²) in [6.45, 7) is 4.31. The monoisotopic (exact) mass is 297 g/mol. The second kappa shape index (κ2) is 6.51. The molecule has 9 heteroatoms. The van der Waals surface area contributed by atoms with Crippen molar-refractivity contribution < 1.29 is 14.4 Å². The van der Waals surface area contributed by atoms with E-state index in [4.69, 9.17) is 9.63 Å². The summed E-state index contributed by atoms with van der Waals surface area (Å²) in [7, 11) is 0. The number of carboxylic acids is 1. The average molecular weight is 297 g/mol. The van der Waals surface area contributed by atoms with Gasteiger partial charge in [0.1, 0.15) is 5.82 Å². The van der Waals surface area contributed by atoms with Crippen LogP contribution in [0.5, 0.6) is 0 Å². The third kappa shape index (κ3) is 3.56. The summed E-state index contributed by atoms with van der Waals surface area (Å²) in [6.07, 6.45) is 1.31. The van der Waals surface area contributed by atoms with Crippen molar-refractivity contribution in [3.8, 4) is 0 Å². The van der Waals surface area contributed by atoms with Gasteiger partial charge in [0.2, 0.25) is 5.89 Å². The predicted molar refractivity (Wildman–Crippen MR) is 70.5 cm³/mol. The third-order valence-electron chi connectivity index (χ3n) is 2.56. The van der Waals surface area contributed by atoms with Gasteiger partial charge in [-0.2, -0.15) is 4.98 Å². The smallest absolute Gasteiger partial charge is 0.313 e. The SMILES string of the molecule is CCc1nnc(SCC(=O)O)n1CCc1noc(C)n1. The molecule has 0 fully saturated rings. The molecule has 0 aromatic carbocycles. The minimum atomic E-state index is -0.878. The first-order valence-corrected chi connectivity index (χ1v) is 7.14. The Morgan fingerprint density at radius 1 is 1.45 bits per heavy atom. The van der Waals surface area contributed by atoms with Gasteiger partial charge in [-0.15, -0.1) is 10.2 Å². The minimum absolute atomic E-state index is 0.0385. The Morgan fingerprint density at radius 3 is 2.85 bits per heavy atom. The molecule has 0 saturated carbocycles. The highest BCUT2D eigenvalue weighted by Crippen LogP contribution is 2.17. The highest BCUT2D eigenvalue weighted by molar-refractivity contribution is 7.99. The fourth-order valence-corrected chi connectivity index (χ4v) is 2.40. The summed E-state index contributed by atoms with van der Waals surface area (Å²) in [6, 6.07) is 0. The Bertz CT molecular complexity index is 595. The van der Waals surface area contributed by atoms with Crippen LogP contribution in [0.2, 0.25) is 0 Å². The van der Waals surface area contributed by atoms with E-state index in [0.29, 0.717) is 29.8 Å². The largest absolute Gasteiger partial charge is 0.481 e. The van der Waals surface area contributed by atoms with E-state index in [-0.39, 0.29) is 5.75 Å². The van der Waals surface area contributed by atoms with Crippen LogP contribution in [0.4, 0.5) is 0 Å². The molecule has 0 atom stereocenters. The van der Waals surface area contributed by atoms with Crippen molar-refractivity contribution in [3.05, 3.63) is 17.5 Å². The van der Waals surface area contributed by atoms with E-state index in [0.717, 1.165) is 24.0 Å². The minimum Gasteiger partial charge on any atom is -0.481 e. The van der Waals surface area contributed by atoms with Crippen LogP contribution in [0.1, 0.15) is 24.5 Å². The number of thioether (sulfide) groups is 1. The molecular formula is C11H15N5O3S. The lowest BCUT2D eigenvalue weighted by molar-refractivity contribution is -0.133. The van der Waals surface area contributed by atoms with Crippen molar-refractivity contribution >= 4 is 17.7 Å². The van der Waals surface area contributed by atoms with Crippen LogP contribution in [0.25, 0.3) is 0 Å². The molecule has 0 bridgehead atoms. The van der Waals surface area contributed by atoms with Gasteiger partial charge in [-0.3, -0.25) is 4.79 Å². The molecule has 1 N–H and O–H groups in total. The zero-order valence-corrected chi connectivity index (χ0v) is 12.1. The maximum absolute atomic E-state index is 10.6. The molecular weight excluding hydrogens is 282 g/mol. The zero-order chi connectivity index (χ0) is 14.5. The lowest BCUT2D eigenvalue weighted by Crippen LogP contribution is -2.09. The van der Waals surface area contributed by atoms with E-state index in [9.17, 15) is 4.79 Å². The Balaban J connectivity index is 2.07. The molecule has 2 aromatic rings. The fourth-order valence-electron chi connectivity index (χ4n) is 1.69. The van der Waals surface area contributed by atoms with Crippen molar-refractivity contribution in [1.82, 2.24) is 24.9 Å². The summed E-state index contributed by atoms with van der Waals surface area (Å²) in [5.74, 6) is 1.05. The van der Waals surface area contributed by atoms with Crippen molar-refractivity contribution in [3.63, 3.8) is 0 Å². The molecule has 0 aliphatic carbocycles. The molecule has 0 aliphatic heterocycles. The molecule has 108 valence electrons. The molecule has 0 aliphatic rings. The third-order valence-corrected chi connectivity index (χ3v) is 3.51. The van der Waals surface area contributed by atoms with Gasteiger partial charge >= 0.3 is 5.97 Å². The zero-order valence-electron chi connectivity index (χ0n) is 11.2. The first-order valence-electron chi connectivity index (χ1n) is 6.16. The molecule has 20 heavy (non-hydrogen) atoms. The first kappa shape index (κ1) is 14.5. The summed E-state index contributed by atoms with van der Waals surface area (Å²) in [5.41, 5.74) is 0. The van der Waals surface area contributed by atoms with Gasteiger partial charge in [0.15, 0.2) is 11.0 Å². The van der Waals surface area contributed by atoms with E-state index in [2.05, 4.69) is 20.3 Å². The van der Waals surface area contributed by atoms with E-state index in [1.165, 1.54) is 0 Å². The molecule has 0 radical (unpaired) electrons. The first-order chi connectivity index (χ1) is 9.60. The van der Waals surface area contributed by atoms with Gasteiger partial charge < -0.3 is 14.2 Å². The van der Waals surface area contributed by atoms with Gasteiger partial charge in [0.05, 0.1) is 5.75 Å². The van der Waals surface area contributed by atoms with E-state index >= 15 is 0 Å². The van der Waals surface area contributed by atoms with Gasteiger partial charge in [-0.1, -0.05) is 23.8 Å². The van der Waals surface area contributed by atoms with Crippen LogP contribution in [-0.2, 0) is 24.2 Å². The van der Waals surface area contributed by atoms with Crippen LogP contribution >= 0.6 is 11.8 Å². The number of carbonyl (C=O) groups is 1. The van der Waals surface area contributed by atoms with E-state index < -0.39 is 5.97 Å². The molecule has 0 spiro atoms. The normalized spacial score (nSPS) is 10.9. The van der Waals surface area contributed by atoms with Crippen LogP contribution in [-0.4, -0.2) is 41.7 Å². The van der Waals surface area contributed by atoms with Crippen molar-refractivity contribution in [2.45, 2.75) is 38.4 Å². The second-order valence-electron chi connectivity index (χ2n) is 4.07. The number of nitrogens with zero attached hydrogens (tertiary/aromatic N) is 5. The number of rotatable bonds is 7. The highest BCUT2D eigenvalue weighted by atomic mass is 32.2. The predicted octanol–water partition coefficient (Wildman–Crippen LogP) is 0.951. The van der Waals surface area contributed by atoms with Crippen LogP contribution < -0.4 is 0 Å². The standard InChI is InChI=1S/C11H15N5O3S/c1-3-9-13-14-11(20-6-10(17)18)16(9)5-4-8-12-7(2)19-15-8/h3-6H2,1-2H3,(H,17,18). The van der Waals surface area contributed by atoms with Gasteiger partial charge in [-0.25, -0.2) is 0 Å². The van der Waals surface area contributed by atoms with Gasteiger partial charge in [0.25, 0.3) is 0 Å². The lowest BCUT2D eigenvalue weighted by atomic mass is 10.4. The Morgan fingerprint density at radius 2 is 2.25 bits per heavy atom. The number of aryl methyl sites for hydroxylation is 3. The molecule has 0 saturated heterocycles. The Hall–Kier alpha value is -1.90. The molecule has 8 nitrogen and oxygen atoms in total. The average Bonchev–Trinajstić information content (AvgIpc) is 2.99. The summed E-state index contributed by atoms with van der Waals surface area (Å²) >= 11 is 1.16. The van der Waals surface area contributed by atoms with Gasteiger partial charge in [-0.05, 0) is 0 Å². The van der Waals surface area contributed by atoms with Crippen LogP contribution in [0.15, 0.2) is 9.68 Å². The van der Waals surface area contributed by atoms with Crippen molar-refractivity contribution in [1.29, 1.82) is 0 Å². The van der Waals surface area contributed by atoms with E-state index in [1.807, 2.05) is 11.5 Å². The quantitative estimate of drug-likeness (QED) is 0.753. The fraction of sp³-hybridized carbons (Fsp3) is 0.545. The topological polar surface area (TPSA) is 107 Å². The second-order valence-corrected chi connectivity index (χ2v) is 5.01. The highest BCUT2D eigenvalue weighted by Gasteiger charge is 2.13. The molecule has 2 rings (SSSR count). The Labute approximate surface area is 119 Å². The molecule has 0 unspecified atom stereocenters. The number of aliphatic carboxylic acids is 1. The van der Waals surface area contributed by atoms with Crippen molar-refractivity contribution in [2.75, 3.05) is 5.75 Å². The van der Waals surface area contributed by atoms with Crippen molar-refractivity contribution in [2.24, 2.45) is 0 Å². The maximum Gasteiger partial charge on any atom is 0.313 e. The summed E-state index contributed by atoms with van der Waals surface area (Å²) in [5, 5.41) is 21.3. The van der Waals surface area contributed by atoms with Crippen LogP contribution in [0, 0.1) is 6.92 Å². The van der Waals surface area contributed by atoms with Crippen LogP contribution in [0.3, 0.4) is 0 Å². The maximum atomic E-state index is 10.6. The Kier molecular flexibility index (Phi) is 4.72. The molecule has 0 amide bonds. The number of hydrogen-bond acceptors (Lipinski definition) is 7. The van der Waals surface area contributed by atoms with Gasteiger partial charge in [0, 0.05) is 26.3 Å². The molecule has 2 heterocycles. The number of hydrogen-bond donors (Lipinski definition) is 1. The van der Waals surface area contributed by atoms with E-state index in [1.54, 1.807) is 6.92 Å². The number of aromatic nitrogens is 5. The summed E-state index contributed by atoms with van der Waals surface area (Å²) < 4.78 is 6.82. The number of carboxylic acid groups (broad SMARTS) is 1.